The van der Waals surface area contributed by atoms with Gasteiger partial charge in [0.15, 0.2) is 9.75 Å². The Morgan fingerprint density at radius 3 is 2.41 bits per heavy atom. The van der Waals surface area contributed by atoms with Crippen LogP contribution in [0, 0.1) is 17.8 Å². The molecule has 2 aromatic carbocycles. The summed E-state index contributed by atoms with van der Waals surface area (Å²) in [6.07, 6.45) is 1.64. The van der Waals surface area contributed by atoms with E-state index in [0.717, 1.165) is 9.80 Å². The zero-order chi connectivity index (χ0) is 29.6. The van der Waals surface area contributed by atoms with Crippen molar-refractivity contribution in [3.63, 3.8) is 0 Å². The zero-order valence-electron chi connectivity index (χ0n) is 21.8. The number of carbonyl (C=O) groups is 5. The number of carboxylic acid groups (broad SMARTS) is 1. The average molecular weight is 599 g/mol. The van der Waals surface area contributed by atoms with E-state index in [-0.39, 0.29) is 41.2 Å². The van der Waals surface area contributed by atoms with E-state index >= 15 is 0 Å². The number of carbonyl (C=O) groups excluding carboxylic acids is 4. The number of aromatic carboxylic acids is 1. The lowest BCUT2D eigenvalue weighted by Crippen LogP contribution is -2.60. The van der Waals surface area contributed by atoms with Gasteiger partial charge in [0, 0.05) is 18.5 Å². The van der Waals surface area contributed by atoms with Crippen molar-refractivity contribution in [1.82, 2.24) is 4.90 Å². The van der Waals surface area contributed by atoms with Crippen molar-refractivity contribution in [2.24, 2.45) is 17.8 Å². The molecule has 6 atom stereocenters. The Hall–Kier alpha value is -3.89. The first kappa shape index (κ1) is 27.3. The molecule has 41 heavy (non-hydrogen) atoms. The van der Waals surface area contributed by atoms with Crippen molar-refractivity contribution in [3.8, 4) is 11.5 Å². The van der Waals surface area contributed by atoms with Crippen LogP contribution in [0.2, 0.25) is 0 Å². The maximum Gasteiger partial charge on any atom is 0.335 e. The largest absolute Gasteiger partial charge is 0.508 e. The van der Waals surface area contributed by atoms with Crippen molar-refractivity contribution in [2.45, 2.75) is 28.5 Å². The third-order valence-corrected chi connectivity index (χ3v) is 10.3. The lowest BCUT2D eigenvalue weighted by molar-refractivity contribution is -0.138. The third-order valence-electron chi connectivity index (χ3n) is 8.92. The number of hydrogen-bond donors (Lipinski definition) is 2. The molecule has 12 heteroatoms. The van der Waals surface area contributed by atoms with Crippen molar-refractivity contribution in [1.29, 1.82) is 0 Å². The number of imide groups is 2. The second-order valence-electron chi connectivity index (χ2n) is 10.8. The smallest absolute Gasteiger partial charge is 0.335 e. The Balaban J connectivity index is 1.53. The minimum Gasteiger partial charge on any atom is -0.508 e. The molecule has 212 valence electrons. The molecule has 0 radical (unpaired) electrons. The molecule has 2 aliphatic carbocycles. The molecule has 2 aliphatic heterocycles. The van der Waals surface area contributed by atoms with Crippen LogP contribution in [-0.2, 0) is 19.2 Å². The minimum absolute atomic E-state index is 0.0918. The second kappa shape index (κ2) is 9.06. The van der Waals surface area contributed by atoms with Gasteiger partial charge in [0.1, 0.15) is 11.5 Å². The maximum absolute atomic E-state index is 14.0. The van der Waals surface area contributed by atoms with E-state index in [1.54, 1.807) is 18.2 Å². The number of ether oxygens (including phenoxy) is 1. The fourth-order valence-corrected chi connectivity index (χ4v) is 8.10. The van der Waals surface area contributed by atoms with Gasteiger partial charge in [-0.05, 0) is 49.1 Å². The van der Waals surface area contributed by atoms with Crippen LogP contribution in [0.3, 0.4) is 0 Å². The highest BCUT2D eigenvalue weighted by Gasteiger charge is 2.76. The summed E-state index contributed by atoms with van der Waals surface area (Å²) in [7, 11) is 2.66. The van der Waals surface area contributed by atoms with Gasteiger partial charge in [-0.15, -0.1) is 23.2 Å². The molecule has 4 amide bonds. The van der Waals surface area contributed by atoms with Crippen LogP contribution in [0.5, 0.6) is 11.5 Å². The van der Waals surface area contributed by atoms with E-state index in [0.29, 0.717) is 5.57 Å². The van der Waals surface area contributed by atoms with Crippen LogP contribution in [0.1, 0.15) is 34.7 Å². The predicted molar refractivity (Wildman–Crippen MR) is 146 cm³/mol. The van der Waals surface area contributed by atoms with Crippen LogP contribution < -0.4 is 9.64 Å². The zero-order valence-corrected chi connectivity index (χ0v) is 23.3. The molecule has 0 unspecified atom stereocenters. The van der Waals surface area contributed by atoms with Gasteiger partial charge in [0.05, 0.1) is 30.2 Å². The van der Waals surface area contributed by atoms with Gasteiger partial charge in [0.25, 0.3) is 11.8 Å². The molecule has 2 saturated heterocycles. The Kier molecular flexibility index (Phi) is 6.03. The fraction of sp³-hybridized carbons (Fsp3) is 0.345. The molecule has 0 spiro atoms. The highest BCUT2D eigenvalue weighted by atomic mass is 35.5. The number of hydrogen-bond acceptors (Lipinski definition) is 7. The average Bonchev–Trinajstić information content (AvgIpc) is 3.28. The van der Waals surface area contributed by atoms with Crippen molar-refractivity contribution < 1.29 is 38.9 Å². The van der Waals surface area contributed by atoms with E-state index < -0.39 is 63.0 Å². The van der Waals surface area contributed by atoms with Gasteiger partial charge in [-0.25, -0.2) is 4.79 Å². The monoisotopic (exact) mass is 598 g/mol. The number of alkyl halides is 2. The van der Waals surface area contributed by atoms with E-state index in [9.17, 15) is 34.2 Å². The number of benzene rings is 2. The van der Waals surface area contributed by atoms with Crippen LogP contribution in [0.25, 0.3) is 0 Å². The molecule has 6 rings (SSSR count). The van der Waals surface area contributed by atoms with Gasteiger partial charge in [-0.2, -0.15) is 0 Å². The summed E-state index contributed by atoms with van der Waals surface area (Å²) in [6.45, 7) is 0. The van der Waals surface area contributed by atoms with Crippen LogP contribution in [0.15, 0.2) is 54.1 Å². The van der Waals surface area contributed by atoms with E-state index in [1.807, 2.05) is 0 Å². The SMILES string of the molecule is COc1cccc(O)c1[C@H]1C2=CC[C@@H]3C(=O)N(c4cccc(C(=O)O)c4)C(=O)[C@@H]3[C@@H]2C[C@@]2(Cl)C(=O)N(C)C(=O)[C@@]12Cl. The summed E-state index contributed by atoms with van der Waals surface area (Å²) >= 11 is 14.3. The number of phenolic OH excluding ortho intramolecular Hbond substituents is 1. The highest BCUT2D eigenvalue weighted by molar-refractivity contribution is 6.53. The second-order valence-corrected chi connectivity index (χ2v) is 12.0. The number of phenols is 1. The first-order valence-electron chi connectivity index (χ1n) is 12.9. The number of amides is 4. The molecule has 4 aliphatic rings. The van der Waals surface area contributed by atoms with E-state index in [1.165, 1.54) is 44.5 Å². The lowest BCUT2D eigenvalue weighted by atomic mass is 9.56. The molecule has 2 heterocycles. The number of anilines is 1. The number of nitrogens with zero attached hydrogens (tertiary/aromatic N) is 2. The van der Waals surface area contributed by atoms with Crippen molar-refractivity contribution >= 4 is 58.5 Å². The first-order valence-corrected chi connectivity index (χ1v) is 13.6. The number of carboxylic acids is 1. The van der Waals surface area contributed by atoms with E-state index in [4.69, 9.17) is 27.9 Å². The fourth-order valence-electron chi connectivity index (χ4n) is 7.09. The molecular formula is C29H24Cl2N2O8. The van der Waals surface area contributed by atoms with E-state index in [2.05, 4.69) is 0 Å². The molecule has 0 bridgehead atoms. The molecule has 2 aromatic rings. The van der Waals surface area contributed by atoms with Crippen molar-refractivity contribution in [3.05, 3.63) is 65.2 Å². The summed E-state index contributed by atoms with van der Waals surface area (Å²) in [6, 6.07) is 10.1. The normalized spacial score (nSPS) is 32.4. The summed E-state index contributed by atoms with van der Waals surface area (Å²) in [5.74, 6) is -7.60. The molecule has 1 saturated carbocycles. The summed E-state index contributed by atoms with van der Waals surface area (Å²) in [4.78, 5) is 64.2. The number of fused-ring (bicyclic) bond motifs is 4. The molecule has 3 fully saturated rings. The molecule has 2 N–H and O–H groups in total. The number of likely N-dealkylation sites (tertiary alicyclic amines) is 1. The maximum atomic E-state index is 14.0. The number of rotatable bonds is 4. The number of aromatic hydroxyl groups is 1. The number of methoxy groups -OCH3 is 1. The first-order chi connectivity index (χ1) is 19.4. The molecule has 0 aromatic heterocycles. The highest BCUT2D eigenvalue weighted by Crippen LogP contribution is 2.66. The molecule has 10 nitrogen and oxygen atoms in total. The van der Waals surface area contributed by atoms with Crippen molar-refractivity contribution in [2.75, 3.05) is 19.1 Å². The Morgan fingerprint density at radius 2 is 1.73 bits per heavy atom. The van der Waals surface area contributed by atoms with Crippen LogP contribution >= 0.6 is 23.2 Å². The van der Waals surface area contributed by atoms with Gasteiger partial charge in [0.2, 0.25) is 11.8 Å². The quantitative estimate of drug-likeness (QED) is 0.310. The summed E-state index contributed by atoms with van der Waals surface area (Å²) in [5, 5.41) is 20.5. The lowest BCUT2D eigenvalue weighted by Gasteiger charge is -2.50. The number of halogens is 2. The Bertz CT molecular complexity index is 1610. The summed E-state index contributed by atoms with van der Waals surface area (Å²) < 4.78 is 5.53. The van der Waals surface area contributed by atoms with Gasteiger partial charge in [-0.1, -0.05) is 23.8 Å². The Morgan fingerprint density at radius 1 is 1.02 bits per heavy atom. The minimum atomic E-state index is -2.07. The predicted octanol–water partition coefficient (Wildman–Crippen LogP) is 3.29. The van der Waals surface area contributed by atoms with Crippen LogP contribution in [0.4, 0.5) is 5.69 Å². The molecular weight excluding hydrogens is 575 g/mol. The van der Waals surface area contributed by atoms with Gasteiger partial charge >= 0.3 is 5.97 Å². The van der Waals surface area contributed by atoms with Gasteiger partial charge in [-0.3, -0.25) is 29.0 Å². The topological polar surface area (TPSA) is 142 Å². The standard InChI is InChI=1S/C29H24Cl2N2O8/c1-32-26(39)28(30)12-17-15(22(29(28,31)27(32)40)21-18(34)7-4-8-19(21)41-2)9-10-16-20(17)24(36)33(23(16)35)14-6-3-5-13(11-14)25(37)38/h3-9,11,16-17,20,22,34H,10,12H2,1-2H3,(H,37,38)/t16-,17+,20-,22+,28+,29-/m0/s1. The number of allylic oxidation sites excluding steroid dienone is 2. The summed E-state index contributed by atoms with van der Waals surface area (Å²) in [5.41, 5.74) is 0.662. The third kappa shape index (κ3) is 3.40. The van der Waals surface area contributed by atoms with Gasteiger partial charge < -0.3 is 14.9 Å². The Labute approximate surface area is 244 Å². The van der Waals surface area contributed by atoms with Crippen LogP contribution in [-0.4, -0.2) is 68.6 Å².